The van der Waals surface area contributed by atoms with Crippen LogP contribution in [0.15, 0.2) is 12.2 Å². The Morgan fingerprint density at radius 1 is 0.886 bits per heavy atom. The maximum absolute atomic E-state index is 12.8. The molecule has 10 heteroatoms. The molecule has 1 aliphatic rings. The fraction of sp³-hybridized carbons (Fsp3) is 0.680. The molecule has 10 nitrogen and oxygen atoms in total. The number of carbonyl (C=O) groups excluding carboxylic acids is 5. The van der Waals surface area contributed by atoms with Crippen LogP contribution in [0.3, 0.4) is 0 Å². The van der Waals surface area contributed by atoms with E-state index in [1.54, 1.807) is 27.7 Å². The van der Waals surface area contributed by atoms with Crippen molar-refractivity contribution in [2.45, 2.75) is 92.2 Å². The van der Waals surface area contributed by atoms with Crippen molar-refractivity contribution in [3.8, 4) is 0 Å². The van der Waals surface area contributed by atoms with Crippen molar-refractivity contribution < 1.29 is 33.9 Å². The van der Waals surface area contributed by atoms with Crippen LogP contribution < -0.4 is 10.6 Å². The number of ketones is 1. The molecule has 1 heterocycles. The Bertz CT molecular complexity index is 772. The molecule has 0 aromatic rings. The number of imide groups is 1. The fourth-order valence-corrected chi connectivity index (χ4v) is 3.38. The largest absolute Gasteiger partial charge is 0.481 e. The Balaban J connectivity index is 0.00000562. The molecule has 0 aliphatic carbocycles. The zero-order valence-electron chi connectivity index (χ0n) is 21.8. The van der Waals surface area contributed by atoms with E-state index in [2.05, 4.69) is 10.6 Å². The zero-order chi connectivity index (χ0) is 27.1. The summed E-state index contributed by atoms with van der Waals surface area (Å²) in [5.74, 6) is -3.46. The van der Waals surface area contributed by atoms with E-state index in [0.29, 0.717) is 25.8 Å². The molecule has 0 spiro atoms. The topological polar surface area (TPSA) is 150 Å². The lowest BCUT2D eigenvalue weighted by atomic mass is 9.96. The predicted octanol–water partition coefficient (Wildman–Crippen LogP) is 2.21. The highest BCUT2D eigenvalue weighted by atomic mass is 16.4. The number of aliphatic carboxylic acids is 1. The lowest BCUT2D eigenvalue weighted by Gasteiger charge is -2.25. The first-order valence-corrected chi connectivity index (χ1v) is 12.3. The highest BCUT2D eigenvalue weighted by molar-refractivity contribution is 6.12. The lowest BCUT2D eigenvalue weighted by Crippen LogP contribution is -2.54. The molecule has 0 saturated carbocycles. The van der Waals surface area contributed by atoms with Crippen molar-refractivity contribution in [1.29, 1.82) is 0 Å². The highest BCUT2D eigenvalue weighted by Crippen LogP contribution is 2.11. The molecular weight excluding hydrogens is 454 g/mol. The van der Waals surface area contributed by atoms with E-state index in [1.165, 1.54) is 12.2 Å². The molecular formula is C25H41N3O7. The first-order chi connectivity index (χ1) is 16.4. The van der Waals surface area contributed by atoms with Crippen LogP contribution in [0, 0.1) is 11.8 Å². The third kappa shape index (κ3) is 11.8. The van der Waals surface area contributed by atoms with Gasteiger partial charge in [-0.2, -0.15) is 0 Å². The molecule has 0 fully saturated rings. The number of hydrogen-bond donors (Lipinski definition) is 3. The number of carboxylic acids is 1. The quantitative estimate of drug-likeness (QED) is 0.233. The van der Waals surface area contributed by atoms with Crippen LogP contribution in [0.2, 0.25) is 0 Å². The van der Waals surface area contributed by atoms with E-state index in [4.69, 9.17) is 5.11 Å². The predicted molar refractivity (Wildman–Crippen MR) is 131 cm³/mol. The van der Waals surface area contributed by atoms with E-state index >= 15 is 0 Å². The zero-order valence-corrected chi connectivity index (χ0v) is 21.8. The molecule has 4 amide bonds. The van der Waals surface area contributed by atoms with Crippen LogP contribution in [-0.2, 0) is 28.8 Å². The number of unbranched alkanes of at least 4 members (excludes halogenated alkanes) is 2. The van der Waals surface area contributed by atoms with Crippen molar-refractivity contribution in [3.05, 3.63) is 12.2 Å². The minimum Gasteiger partial charge on any atom is -0.481 e. The van der Waals surface area contributed by atoms with E-state index in [-0.39, 0.29) is 54.6 Å². The number of amides is 4. The van der Waals surface area contributed by atoms with Gasteiger partial charge in [0.1, 0.15) is 6.04 Å². The molecule has 0 aromatic carbocycles. The third-order valence-electron chi connectivity index (χ3n) is 5.33. The van der Waals surface area contributed by atoms with Crippen molar-refractivity contribution in [1.82, 2.24) is 15.5 Å². The van der Waals surface area contributed by atoms with Gasteiger partial charge in [0.25, 0.3) is 11.8 Å². The summed E-state index contributed by atoms with van der Waals surface area (Å²) in [6, 6.07) is -1.80. The van der Waals surface area contributed by atoms with Gasteiger partial charge < -0.3 is 15.7 Å². The van der Waals surface area contributed by atoms with Crippen molar-refractivity contribution in [2.24, 2.45) is 11.8 Å². The summed E-state index contributed by atoms with van der Waals surface area (Å²) < 4.78 is 0. The normalized spacial score (nSPS) is 14.5. The minimum atomic E-state index is -1.06. The van der Waals surface area contributed by atoms with Crippen LogP contribution in [0.1, 0.15) is 80.1 Å². The summed E-state index contributed by atoms with van der Waals surface area (Å²) >= 11 is 0. The molecule has 3 N–H and O–H groups in total. The number of carbonyl (C=O) groups is 6. The first-order valence-electron chi connectivity index (χ1n) is 12.3. The van der Waals surface area contributed by atoms with Crippen LogP contribution in [0.4, 0.5) is 0 Å². The molecule has 0 saturated heterocycles. The number of rotatable bonds is 15. The van der Waals surface area contributed by atoms with Gasteiger partial charge in [-0.25, -0.2) is 0 Å². The second-order valence-electron chi connectivity index (χ2n) is 8.81. The molecule has 2 atom stereocenters. The standard InChI is InChI=1S/C23H35N3O7.C2H6/c1-14(2)21(23(33)24-16(9-12-20(30)31)22(32)15(3)4)25-17(27)8-6-5-7-13-26-18(28)10-11-19(26)29;1-2/h10-11,14-16,21H,5-9,12-13H2,1-4H3,(H,24,33)(H,25,27)(H,30,31);1-2H3/t16-,21?;/m0./s1. The Labute approximate surface area is 207 Å². The SMILES string of the molecule is CC.CC(C)C(=O)[C@H](CCC(=O)O)NC(=O)C(NC(=O)CCCCCN1C(=O)C=CC1=O)C(C)C. The summed E-state index contributed by atoms with van der Waals surface area (Å²) in [4.78, 5) is 72.6. The molecule has 0 bridgehead atoms. The average molecular weight is 496 g/mol. The van der Waals surface area contributed by atoms with Gasteiger partial charge in [-0.15, -0.1) is 0 Å². The summed E-state index contributed by atoms with van der Waals surface area (Å²) in [5, 5.41) is 14.2. The number of nitrogens with zero attached hydrogens (tertiary/aromatic N) is 1. The lowest BCUT2D eigenvalue weighted by molar-refractivity contribution is -0.139. The Morgan fingerprint density at radius 2 is 1.46 bits per heavy atom. The molecule has 198 valence electrons. The number of nitrogens with one attached hydrogen (secondary N) is 2. The van der Waals surface area contributed by atoms with Crippen LogP contribution >= 0.6 is 0 Å². The monoisotopic (exact) mass is 495 g/mol. The molecule has 1 aliphatic heterocycles. The Morgan fingerprint density at radius 3 is 1.94 bits per heavy atom. The van der Waals surface area contributed by atoms with Crippen LogP contribution in [0.25, 0.3) is 0 Å². The molecule has 0 radical (unpaired) electrons. The second-order valence-corrected chi connectivity index (χ2v) is 8.81. The summed E-state index contributed by atoms with van der Waals surface area (Å²) in [6.45, 7) is 11.2. The maximum atomic E-state index is 12.8. The van der Waals surface area contributed by atoms with Gasteiger partial charge in [-0.3, -0.25) is 33.7 Å². The Kier molecular flexibility index (Phi) is 15.1. The second kappa shape index (κ2) is 16.6. The summed E-state index contributed by atoms with van der Waals surface area (Å²) in [5.41, 5.74) is 0. The molecule has 1 rings (SSSR count). The fourth-order valence-electron chi connectivity index (χ4n) is 3.38. The van der Waals surface area contributed by atoms with Crippen molar-refractivity contribution in [2.75, 3.05) is 6.54 Å². The Hall–Kier alpha value is -3.04. The smallest absolute Gasteiger partial charge is 0.303 e. The van der Waals surface area contributed by atoms with Gasteiger partial charge in [0.2, 0.25) is 11.8 Å². The van der Waals surface area contributed by atoms with E-state index in [1.807, 2.05) is 13.8 Å². The highest BCUT2D eigenvalue weighted by Gasteiger charge is 2.30. The van der Waals surface area contributed by atoms with Crippen LogP contribution in [-0.4, -0.2) is 64.0 Å². The van der Waals surface area contributed by atoms with E-state index in [0.717, 1.165) is 4.90 Å². The van der Waals surface area contributed by atoms with Crippen LogP contribution in [0.5, 0.6) is 0 Å². The van der Waals surface area contributed by atoms with Crippen molar-refractivity contribution >= 4 is 35.4 Å². The summed E-state index contributed by atoms with van der Waals surface area (Å²) in [6.07, 6.45) is 4.08. The number of carboxylic acid groups (broad SMARTS) is 1. The first kappa shape index (κ1) is 32.0. The van der Waals surface area contributed by atoms with Gasteiger partial charge >= 0.3 is 5.97 Å². The number of hydrogen-bond acceptors (Lipinski definition) is 6. The van der Waals surface area contributed by atoms with Gasteiger partial charge in [0, 0.05) is 37.5 Å². The van der Waals surface area contributed by atoms with Gasteiger partial charge in [-0.1, -0.05) is 48.0 Å². The van der Waals surface area contributed by atoms with Gasteiger partial charge in [0.15, 0.2) is 5.78 Å². The maximum Gasteiger partial charge on any atom is 0.303 e. The van der Waals surface area contributed by atoms with E-state index < -0.39 is 24.0 Å². The summed E-state index contributed by atoms with van der Waals surface area (Å²) in [7, 11) is 0. The molecule has 1 unspecified atom stereocenters. The van der Waals surface area contributed by atoms with Gasteiger partial charge in [-0.05, 0) is 25.2 Å². The van der Waals surface area contributed by atoms with Gasteiger partial charge in [0.05, 0.1) is 6.04 Å². The average Bonchev–Trinajstić information content (AvgIpc) is 3.12. The van der Waals surface area contributed by atoms with Crippen molar-refractivity contribution in [3.63, 3.8) is 0 Å². The molecule has 0 aromatic heterocycles. The molecule has 35 heavy (non-hydrogen) atoms. The minimum absolute atomic E-state index is 0.0195. The van der Waals surface area contributed by atoms with E-state index in [9.17, 15) is 28.8 Å². The number of Topliss-reactive ketones (excluding diaryl/α,β-unsaturated/α-hetero) is 1. The third-order valence-corrected chi connectivity index (χ3v) is 5.33.